The van der Waals surface area contributed by atoms with Gasteiger partial charge in [0, 0.05) is 17.5 Å². The summed E-state index contributed by atoms with van der Waals surface area (Å²) in [5, 5.41) is 8.29. The first kappa shape index (κ1) is 17.9. The van der Waals surface area contributed by atoms with Crippen LogP contribution in [0.4, 0.5) is 0 Å². The average Bonchev–Trinajstić information content (AvgIpc) is 2.99. The highest BCUT2D eigenvalue weighted by molar-refractivity contribution is 7.09. The Morgan fingerprint density at radius 3 is 2.58 bits per heavy atom. The molecule has 2 amide bonds. The third-order valence-electron chi connectivity index (χ3n) is 3.26. The SMILES string of the molecule is CCNC(=O)[C@H](C)NC(=O)c1ccc(OCc2csc(C)n2)cc1. The molecule has 2 rings (SSSR count). The summed E-state index contributed by atoms with van der Waals surface area (Å²) < 4.78 is 5.64. The topological polar surface area (TPSA) is 80.3 Å². The van der Waals surface area contributed by atoms with Gasteiger partial charge in [-0.05, 0) is 45.0 Å². The molecule has 0 unspecified atom stereocenters. The second-order valence-electron chi connectivity index (χ2n) is 5.26. The number of nitrogens with one attached hydrogen (secondary N) is 2. The number of nitrogens with zero attached hydrogens (tertiary/aromatic N) is 1. The van der Waals surface area contributed by atoms with Gasteiger partial charge in [-0.1, -0.05) is 0 Å². The Kier molecular flexibility index (Phi) is 6.31. The number of hydrogen-bond donors (Lipinski definition) is 2. The van der Waals surface area contributed by atoms with Crippen LogP contribution in [-0.4, -0.2) is 29.4 Å². The molecule has 128 valence electrons. The summed E-state index contributed by atoms with van der Waals surface area (Å²) in [4.78, 5) is 28.1. The van der Waals surface area contributed by atoms with Crippen molar-refractivity contribution in [1.29, 1.82) is 0 Å². The zero-order valence-corrected chi connectivity index (χ0v) is 14.8. The summed E-state index contributed by atoms with van der Waals surface area (Å²) in [7, 11) is 0. The number of carbonyl (C=O) groups is 2. The minimum absolute atomic E-state index is 0.204. The van der Waals surface area contributed by atoms with Crippen molar-refractivity contribution in [3.05, 3.63) is 45.9 Å². The number of hydrogen-bond acceptors (Lipinski definition) is 5. The molecule has 0 saturated heterocycles. The van der Waals surface area contributed by atoms with Crippen LogP contribution in [0.1, 0.15) is 34.9 Å². The molecule has 0 bridgehead atoms. The van der Waals surface area contributed by atoms with Gasteiger partial charge in [0.2, 0.25) is 5.91 Å². The van der Waals surface area contributed by atoms with Crippen molar-refractivity contribution in [1.82, 2.24) is 15.6 Å². The van der Waals surface area contributed by atoms with Crippen molar-refractivity contribution in [2.24, 2.45) is 0 Å². The Labute approximate surface area is 145 Å². The highest BCUT2D eigenvalue weighted by Crippen LogP contribution is 2.15. The van der Waals surface area contributed by atoms with Crippen LogP contribution < -0.4 is 15.4 Å². The molecule has 0 aliphatic rings. The maximum absolute atomic E-state index is 12.1. The first-order valence-corrected chi connectivity index (χ1v) is 8.60. The molecule has 1 atom stereocenters. The number of carbonyl (C=O) groups excluding carboxylic acids is 2. The Morgan fingerprint density at radius 2 is 2.00 bits per heavy atom. The molecule has 0 radical (unpaired) electrons. The largest absolute Gasteiger partial charge is 0.487 e. The maximum Gasteiger partial charge on any atom is 0.251 e. The fourth-order valence-corrected chi connectivity index (χ4v) is 2.60. The predicted molar refractivity (Wildman–Crippen MR) is 93.2 cm³/mol. The van der Waals surface area contributed by atoms with Crippen molar-refractivity contribution in [2.45, 2.75) is 33.4 Å². The normalized spacial score (nSPS) is 11.6. The van der Waals surface area contributed by atoms with Gasteiger partial charge >= 0.3 is 0 Å². The lowest BCUT2D eigenvalue weighted by atomic mass is 10.2. The van der Waals surface area contributed by atoms with Crippen molar-refractivity contribution in [2.75, 3.05) is 6.54 Å². The van der Waals surface area contributed by atoms with Crippen LogP contribution in [0.25, 0.3) is 0 Å². The quantitative estimate of drug-likeness (QED) is 0.805. The predicted octanol–water partition coefficient (Wildman–Crippen LogP) is 2.28. The monoisotopic (exact) mass is 347 g/mol. The Bertz CT molecular complexity index is 697. The van der Waals surface area contributed by atoms with E-state index in [1.807, 2.05) is 19.2 Å². The van der Waals surface area contributed by atoms with Crippen molar-refractivity contribution < 1.29 is 14.3 Å². The minimum Gasteiger partial charge on any atom is -0.487 e. The zero-order valence-electron chi connectivity index (χ0n) is 14.0. The molecule has 2 N–H and O–H groups in total. The van der Waals surface area contributed by atoms with Gasteiger partial charge in [0.15, 0.2) is 0 Å². The summed E-state index contributed by atoms with van der Waals surface area (Å²) in [6.07, 6.45) is 0. The number of benzene rings is 1. The third kappa shape index (κ3) is 5.06. The van der Waals surface area contributed by atoms with Crippen molar-refractivity contribution in [3.63, 3.8) is 0 Å². The number of amides is 2. The van der Waals surface area contributed by atoms with E-state index in [0.717, 1.165) is 10.7 Å². The number of thiazole rings is 1. The molecule has 1 aromatic heterocycles. The summed E-state index contributed by atoms with van der Waals surface area (Å²) in [6, 6.07) is 6.21. The molecule has 1 aromatic carbocycles. The summed E-state index contributed by atoms with van der Waals surface area (Å²) in [5.74, 6) is 0.161. The van der Waals surface area contributed by atoms with Gasteiger partial charge in [-0.25, -0.2) is 4.98 Å². The lowest BCUT2D eigenvalue weighted by Gasteiger charge is -2.13. The molecule has 6 nitrogen and oxygen atoms in total. The molecule has 2 aromatic rings. The van der Waals surface area contributed by atoms with Gasteiger partial charge < -0.3 is 15.4 Å². The highest BCUT2D eigenvalue weighted by atomic mass is 32.1. The number of ether oxygens (including phenoxy) is 1. The number of likely N-dealkylation sites (N-methyl/N-ethyl adjacent to an activating group) is 1. The van der Waals surface area contributed by atoms with Crippen LogP contribution in [0.5, 0.6) is 5.75 Å². The van der Waals surface area contributed by atoms with Crippen LogP contribution in [-0.2, 0) is 11.4 Å². The van der Waals surface area contributed by atoms with E-state index in [4.69, 9.17) is 4.74 Å². The van der Waals surface area contributed by atoms with Crippen LogP contribution in [0.2, 0.25) is 0 Å². The smallest absolute Gasteiger partial charge is 0.251 e. The molecule has 0 saturated carbocycles. The summed E-state index contributed by atoms with van der Waals surface area (Å²) in [5.41, 5.74) is 1.36. The van der Waals surface area contributed by atoms with Gasteiger partial charge in [-0.2, -0.15) is 0 Å². The van der Waals surface area contributed by atoms with Gasteiger partial charge in [-0.3, -0.25) is 9.59 Å². The molecular formula is C17H21N3O3S. The second kappa shape index (κ2) is 8.44. The van der Waals surface area contributed by atoms with Gasteiger partial charge in [0.05, 0.1) is 10.7 Å². The number of rotatable bonds is 7. The van der Waals surface area contributed by atoms with Gasteiger partial charge in [0.25, 0.3) is 5.91 Å². The van der Waals surface area contributed by atoms with Crippen LogP contribution in [0.15, 0.2) is 29.6 Å². The molecule has 0 spiro atoms. The molecule has 0 aliphatic carbocycles. The van der Waals surface area contributed by atoms with Gasteiger partial charge in [-0.15, -0.1) is 11.3 Å². The minimum atomic E-state index is -0.582. The average molecular weight is 347 g/mol. The molecule has 24 heavy (non-hydrogen) atoms. The molecule has 1 heterocycles. The van der Waals surface area contributed by atoms with E-state index in [0.29, 0.717) is 24.5 Å². The lowest BCUT2D eigenvalue weighted by Crippen LogP contribution is -2.44. The Balaban J connectivity index is 1.88. The molecule has 0 aliphatic heterocycles. The lowest BCUT2D eigenvalue weighted by molar-refractivity contribution is -0.122. The first-order valence-electron chi connectivity index (χ1n) is 7.72. The second-order valence-corrected chi connectivity index (χ2v) is 6.32. The standard InChI is InChI=1S/C17H21N3O3S/c1-4-18-16(21)11(2)19-17(22)13-5-7-15(8-6-13)23-9-14-10-24-12(3)20-14/h5-8,10-11H,4,9H2,1-3H3,(H,18,21)(H,19,22)/t11-/m0/s1. The summed E-state index contributed by atoms with van der Waals surface area (Å²) in [6.45, 7) is 6.35. The Morgan fingerprint density at radius 1 is 1.29 bits per heavy atom. The van der Waals surface area contributed by atoms with E-state index < -0.39 is 6.04 Å². The van der Waals surface area contributed by atoms with Crippen LogP contribution in [0.3, 0.4) is 0 Å². The Hall–Kier alpha value is -2.41. The molecular weight excluding hydrogens is 326 g/mol. The van der Waals surface area contributed by atoms with E-state index in [1.165, 1.54) is 0 Å². The van der Waals surface area contributed by atoms with Gasteiger partial charge in [0.1, 0.15) is 18.4 Å². The van der Waals surface area contributed by atoms with Crippen LogP contribution in [0, 0.1) is 6.92 Å². The molecule has 7 heteroatoms. The highest BCUT2D eigenvalue weighted by Gasteiger charge is 2.15. The third-order valence-corrected chi connectivity index (χ3v) is 4.08. The number of aryl methyl sites for hydroxylation is 1. The van der Waals surface area contributed by atoms with E-state index in [-0.39, 0.29) is 11.8 Å². The summed E-state index contributed by atoms with van der Waals surface area (Å²) >= 11 is 1.58. The first-order chi connectivity index (χ1) is 11.5. The van der Waals surface area contributed by atoms with E-state index >= 15 is 0 Å². The molecule has 0 fully saturated rings. The van der Waals surface area contributed by atoms with E-state index in [1.54, 1.807) is 42.5 Å². The van der Waals surface area contributed by atoms with E-state index in [9.17, 15) is 9.59 Å². The zero-order chi connectivity index (χ0) is 17.5. The van der Waals surface area contributed by atoms with Crippen LogP contribution >= 0.6 is 11.3 Å². The fourth-order valence-electron chi connectivity index (χ4n) is 2.01. The van der Waals surface area contributed by atoms with Crippen molar-refractivity contribution >= 4 is 23.2 Å². The maximum atomic E-state index is 12.1. The fraction of sp³-hybridized carbons (Fsp3) is 0.353. The van der Waals surface area contributed by atoms with Crippen molar-refractivity contribution in [3.8, 4) is 5.75 Å². The number of aromatic nitrogens is 1. The van der Waals surface area contributed by atoms with E-state index in [2.05, 4.69) is 15.6 Å².